The van der Waals surface area contributed by atoms with E-state index in [-0.39, 0.29) is 6.42 Å². The molecule has 0 aliphatic heterocycles. The molecule has 0 aliphatic rings. The smallest absolute Gasteiger partial charge is 0.221 e. The molecule has 0 bridgehead atoms. The summed E-state index contributed by atoms with van der Waals surface area (Å²) < 4.78 is 5.03. The number of benzene rings is 1. The zero-order chi connectivity index (χ0) is 10.7. The van der Waals surface area contributed by atoms with Crippen molar-refractivity contribution >= 4 is 29.1 Å². The fraction of sp³-hybridized carbons (Fsp3) is 0.222. The molecule has 1 rings (SSSR count). The maximum Gasteiger partial charge on any atom is 0.221 e. The molecule has 0 saturated heterocycles. The number of nitrogens with two attached hydrogens (primary N) is 1. The zero-order valence-electron chi connectivity index (χ0n) is 7.51. The monoisotopic (exact) mass is 233 g/mol. The molecule has 0 radical (unpaired) electrons. The molecule has 0 fully saturated rings. The highest BCUT2D eigenvalue weighted by molar-refractivity contribution is 6.35. The van der Waals surface area contributed by atoms with Crippen LogP contribution in [-0.4, -0.2) is 13.0 Å². The predicted molar refractivity (Wildman–Crippen MR) is 55.9 cm³/mol. The van der Waals surface area contributed by atoms with Crippen LogP contribution in [0.4, 0.5) is 0 Å². The van der Waals surface area contributed by atoms with Crippen LogP contribution in [0.3, 0.4) is 0 Å². The zero-order valence-corrected chi connectivity index (χ0v) is 9.02. The van der Waals surface area contributed by atoms with Crippen LogP contribution in [0.2, 0.25) is 10.0 Å². The Morgan fingerprint density at radius 1 is 1.50 bits per heavy atom. The molecule has 5 heteroatoms. The van der Waals surface area contributed by atoms with E-state index in [9.17, 15) is 4.79 Å². The lowest BCUT2D eigenvalue weighted by Crippen LogP contribution is -2.14. The summed E-state index contributed by atoms with van der Waals surface area (Å²) in [5, 5.41) is 0.823. The van der Waals surface area contributed by atoms with Gasteiger partial charge in [0.25, 0.3) is 0 Å². The third-order valence-corrected chi connectivity index (χ3v) is 2.15. The maximum atomic E-state index is 10.7. The number of amides is 1. The SMILES string of the molecule is COc1c(Cl)cc(Cl)cc1CC(N)=O. The average molecular weight is 234 g/mol. The number of hydrogen-bond acceptors (Lipinski definition) is 2. The summed E-state index contributed by atoms with van der Waals surface area (Å²) in [6.45, 7) is 0. The summed E-state index contributed by atoms with van der Waals surface area (Å²) in [4.78, 5) is 10.7. The number of carbonyl (C=O) groups excluding carboxylic acids is 1. The second-order valence-electron chi connectivity index (χ2n) is 2.72. The number of halogens is 2. The van der Waals surface area contributed by atoms with E-state index in [0.717, 1.165) is 0 Å². The van der Waals surface area contributed by atoms with Crippen molar-refractivity contribution in [3.05, 3.63) is 27.7 Å². The number of methoxy groups -OCH3 is 1. The highest BCUT2D eigenvalue weighted by atomic mass is 35.5. The fourth-order valence-electron chi connectivity index (χ4n) is 1.16. The molecule has 0 spiro atoms. The number of hydrogen-bond donors (Lipinski definition) is 1. The molecule has 14 heavy (non-hydrogen) atoms. The molecular formula is C9H9Cl2NO2. The summed E-state index contributed by atoms with van der Waals surface area (Å²) in [5.41, 5.74) is 5.66. The maximum absolute atomic E-state index is 10.7. The van der Waals surface area contributed by atoms with Crippen molar-refractivity contribution in [3.8, 4) is 5.75 Å². The van der Waals surface area contributed by atoms with Crippen molar-refractivity contribution in [2.75, 3.05) is 7.11 Å². The minimum Gasteiger partial charge on any atom is -0.495 e. The third kappa shape index (κ3) is 2.53. The van der Waals surface area contributed by atoms with E-state index in [1.807, 2.05) is 0 Å². The number of rotatable bonds is 3. The Hall–Kier alpha value is -0.930. The van der Waals surface area contributed by atoms with E-state index < -0.39 is 5.91 Å². The van der Waals surface area contributed by atoms with E-state index >= 15 is 0 Å². The van der Waals surface area contributed by atoms with Crippen molar-refractivity contribution in [2.45, 2.75) is 6.42 Å². The van der Waals surface area contributed by atoms with Gasteiger partial charge in [0.05, 0.1) is 18.6 Å². The van der Waals surface area contributed by atoms with Gasteiger partial charge >= 0.3 is 0 Å². The standard InChI is InChI=1S/C9H9Cl2NO2/c1-14-9-5(3-8(12)13)2-6(10)4-7(9)11/h2,4H,3H2,1H3,(H2,12,13). The second-order valence-corrected chi connectivity index (χ2v) is 3.57. The van der Waals surface area contributed by atoms with Crippen molar-refractivity contribution in [1.82, 2.24) is 0 Å². The van der Waals surface area contributed by atoms with Gasteiger partial charge < -0.3 is 10.5 Å². The lowest BCUT2D eigenvalue weighted by atomic mass is 10.1. The summed E-state index contributed by atoms with van der Waals surface area (Å²) >= 11 is 11.6. The first kappa shape index (κ1) is 11.1. The first-order valence-corrected chi connectivity index (χ1v) is 4.60. The Balaban J connectivity index is 3.17. The van der Waals surface area contributed by atoms with Crippen LogP contribution in [0.15, 0.2) is 12.1 Å². The topological polar surface area (TPSA) is 52.3 Å². The lowest BCUT2D eigenvalue weighted by Gasteiger charge is -2.09. The van der Waals surface area contributed by atoms with E-state index in [4.69, 9.17) is 33.7 Å². The molecular weight excluding hydrogens is 225 g/mol. The van der Waals surface area contributed by atoms with Gasteiger partial charge in [-0.2, -0.15) is 0 Å². The van der Waals surface area contributed by atoms with Gasteiger partial charge in [-0.25, -0.2) is 0 Å². The third-order valence-electron chi connectivity index (χ3n) is 1.65. The van der Waals surface area contributed by atoms with Crippen molar-refractivity contribution < 1.29 is 9.53 Å². The molecule has 1 aromatic rings. The number of primary amides is 1. The molecule has 2 N–H and O–H groups in total. The molecule has 1 aromatic carbocycles. The molecule has 0 aliphatic carbocycles. The molecule has 0 atom stereocenters. The van der Waals surface area contributed by atoms with Gasteiger partial charge in [0.2, 0.25) is 5.91 Å². The van der Waals surface area contributed by atoms with E-state index in [1.165, 1.54) is 7.11 Å². The Morgan fingerprint density at radius 2 is 2.14 bits per heavy atom. The summed E-state index contributed by atoms with van der Waals surface area (Å²) in [7, 11) is 1.47. The van der Waals surface area contributed by atoms with Crippen LogP contribution < -0.4 is 10.5 Å². The Bertz CT molecular complexity index is 366. The molecule has 0 saturated carbocycles. The van der Waals surface area contributed by atoms with Crippen LogP contribution in [0.25, 0.3) is 0 Å². The Labute approximate surface area is 91.7 Å². The lowest BCUT2D eigenvalue weighted by molar-refractivity contribution is -0.117. The van der Waals surface area contributed by atoms with Crippen LogP contribution in [0.5, 0.6) is 5.75 Å². The predicted octanol–water partition coefficient (Wildman–Crippen LogP) is 2.03. The Morgan fingerprint density at radius 3 is 2.64 bits per heavy atom. The summed E-state index contributed by atoms with van der Waals surface area (Å²) in [6, 6.07) is 3.16. The minimum absolute atomic E-state index is 0.0590. The van der Waals surface area contributed by atoms with Crippen molar-refractivity contribution in [3.63, 3.8) is 0 Å². The molecule has 1 amide bonds. The second kappa shape index (κ2) is 4.53. The van der Waals surface area contributed by atoms with Gasteiger partial charge in [0, 0.05) is 10.6 Å². The molecule has 0 unspecified atom stereocenters. The van der Waals surface area contributed by atoms with Gasteiger partial charge in [-0.05, 0) is 12.1 Å². The average Bonchev–Trinajstić information content (AvgIpc) is 2.01. The highest BCUT2D eigenvalue weighted by Gasteiger charge is 2.11. The largest absolute Gasteiger partial charge is 0.495 e. The first-order chi connectivity index (χ1) is 6.54. The van der Waals surface area contributed by atoms with Gasteiger partial charge in [0.15, 0.2) is 0 Å². The van der Waals surface area contributed by atoms with Gasteiger partial charge in [-0.15, -0.1) is 0 Å². The van der Waals surface area contributed by atoms with Crippen LogP contribution in [-0.2, 0) is 11.2 Å². The van der Waals surface area contributed by atoms with Crippen molar-refractivity contribution in [2.24, 2.45) is 5.73 Å². The van der Waals surface area contributed by atoms with Gasteiger partial charge in [-0.3, -0.25) is 4.79 Å². The summed E-state index contributed by atoms with van der Waals surface area (Å²) in [6.07, 6.45) is 0.0590. The first-order valence-electron chi connectivity index (χ1n) is 3.84. The van der Waals surface area contributed by atoms with Crippen LogP contribution in [0.1, 0.15) is 5.56 Å². The fourth-order valence-corrected chi connectivity index (χ4v) is 1.77. The van der Waals surface area contributed by atoms with E-state index in [2.05, 4.69) is 0 Å². The van der Waals surface area contributed by atoms with Crippen LogP contribution in [0, 0.1) is 0 Å². The number of carbonyl (C=O) groups is 1. The number of ether oxygens (including phenoxy) is 1. The normalized spacial score (nSPS) is 9.93. The van der Waals surface area contributed by atoms with E-state index in [1.54, 1.807) is 12.1 Å². The van der Waals surface area contributed by atoms with Gasteiger partial charge in [-0.1, -0.05) is 23.2 Å². The summed E-state index contributed by atoms with van der Waals surface area (Å²) in [5.74, 6) is -0.0171. The van der Waals surface area contributed by atoms with Crippen LogP contribution >= 0.6 is 23.2 Å². The van der Waals surface area contributed by atoms with Gasteiger partial charge in [0.1, 0.15) is 5.75 Å². The molecule has 76 valence electrons. The molecule has 0 heterocycles. The molecule has 3 nitrogen and oxygen atoms in total. The molecule has 0 aromatic heterocycles. The van der Waals surface area contributed by atoms with Crippen molar-refractivity contribution in [1.29, 1.82) is 0 Å². The quantitative estimate of drug-likeness (QED) is 0.869. The minimum atomic E-state index is -0.457. The van der Waals surface area contributed by atoms with E-state index in [0.29, 0.717) is 21.4 Å². The highest BCUT2D eigenvalue weighted by Crippen LogP contribution is 2.32. The Kier molecular flexibility index (Phi) is 3.61.